The highest BCUT2D eigenvalue weighted by atomic mass is 35.5. The van der Waals surface area contributed by atoms with E-state index in [0.717, 1.165) is 0 Å². The van der Waals surface area contributed by atoms with E-state index >= 15 is 0 Å². The van der Waals surface area contributed by atoms with Gasteiger partial charge in [0, 0.05) is 5.54 Å². The molecule has 4 heteroatoms. The van der Waals surface area contributed by atoms with Crippen LogP contribution in [0.5, 0.6) is 5.75 Å². The lowest BCUT2D eigenvalue weighted by Gasteiger charge is -2.25. The number of ether oxygens (including phenoxy) is 1. The lowest BCUT2D eigenvalue weighted by Crippen LogP contribution is -2.47. The van der Waals surface area contributed by atoms with E-state index in [1.807, 2.05) is 39.8 Å². The number of para-hydroxylation sites is 1. The second-order valence-corrected chi connectivity index (χ2v) is 5.59. The van der Waals surface area contributed by atoms with Crippen LogP contribution in [0.3, 0.4) is 0 Å². The number of halogens is 1. The Kier molecular flexibility index (Phi) is 5.03. The second-order valence-electron chi connectivity index (χ2n) is 5.18. The zero-order valence-electron chi connectivity index (χ0n) is 11.3. The molecule has 0 saturated heterocycles. The van der Waals surface area contributed by atoms with E-state index in [1.165, 1.54) is 0 Å². The van der Waals surface area contributed by atoms with Gasteiger partial charge in [-0.3, -0.25) is 4.79 Å². The van der Waals surface area contributed by atoms with Crippen LogP contribution in [0.25, 0.3) is 0 Å². The molecule has 0 aromatic heterocycles. The van der Waals surface area contributed by atoms with Crippen molar-refractivity contribution in [1.82, 2.24) is 5.32 Å². The largest absolute Gasteiger partial charge is 0.479 e. The first-order valence-electron chi connectivity index (χ1n) is 6.06. The van der Waals surface area contributed by atoms with Crippen molar-refractivity contribution < 1.29 is 9.53 Å². The van der Waals surface area contributed by atoms with Gasteiger partial charge < -0.3 is 10.1 Å². The predicted octanol–water partition coefficient (Wildman–Crippen LogP) is 3.41. The molecule has 0 bridgehead atoms. The molecule has 0 saturated carbocycles. The van der Waals surface area contributed by atoms with Crippen LogP contribution < -0.4 is 10.1 Å². The predicted molar refractivity (Wildman–Crippen MR) is 74.1 cm³/mol. The SMILES string of the molecule is CCC(Oc1ccccc1Cl)C(=O)NC(C)(C)C. The molecule has 1 unspecified atom stereocenters. The van der Waals surface area contributed by atoms with Crippen molar-refractivity contribution in [3.8, 4) is 5.75 Å². The van der Waals surface area contributed by atoms with Gasteiger partial charge in [0.15, 0.2) is 6.10 Å². The third-order valence-corrected chi connectivity index (χ3v) is 2.58. The van der Waals surface area contributed by atoms with Crippen LogP contribution in [0.15, 0.2) is 24.3 Å². The average molecular weight is 270 g/mol. The molecule has 1 atom stereocenters. The zero-order valence-corrected chi connectivity index (χ0v) is 12.0. The molecule has 1 amide bonds. The highest BCUT2D eigenvalue weighted by Crippen LogP contribution is 2.24. The highest BCUT2D eigenvalue weighted by Gasteiger charge is 2.23. The Morgan fingerprint density at radius 2 is 2.00 bits per heavy atom. The fraction of sp³-hybridized carbons (Fsp3) is 0.500. The van der Waals surface area contributed by atoms with E-state index in [0.29, 0.717) is 17.2 Å². The second kappa shape index (κ2) is 6.10. The topological polar surface area (TPSA) is 38.3 Å². The number of rotatable bonds is 4. The molecule has 100 valence electrons. The molecular weight excluding hydrogens is 250 g/mol. The van der Waals surface area contributed by atoms with Gasteiger partial charge in [0.2, 0.25) is 0 Å². The maximum atomic E-state index is 12.0. The lowest BCUT2D eigenvalue weighted by atomic mass is 10.1. The molecule has 3 nitrogen and oxygen atoms in total. The summed E-state index contributed by atoms with van der Waals surface area (Å²) in [5.41, 5.74) is -0.269. The quantitative estimate of drug-likeness (QED) is 0.910. The smallest absolute Gasteiger partial charge is 0.261 e. The number of hydrogen-bond donors (Lipinski definition) is 1. The third kappa shape index (κ3) is 4.57. The summed E-state index contributed by atoms with van der Waals surface area (Å²) in [6, 6.07) is 7.15. The number of nitrogens with one attached hydrogen (secondary N) is 1. The normalized spacial score (nSPS) is 12.9. The van der Waals surface area contributed by atoms with Gasteiger partial charge in [-0.05, 0) is 39.3 Å². The average Bonchev–Trinajstić information content (AvgIpc) is 2.25. The molecule has 0 aliphatic heterocycles. The monoisotopic (exact) mass is 269 g/mol. The Labute approximate surface area is 113 Å². The minimum atomic E-state index is -0.524. The van der Waals surface area contributed by atoms with Crippen molar-refractivity contribution in [3.63, 3.8) is 0 Å². The van der Waals surface area contributed by atoms with Crippen molar-refractivity contribution in [3.05, 3.63) is 29.3 Å². The van der Waals surface area contributed by atoms with E-state index < -0.39 is 6.10 Å². The molecule has 1 aromatic carbocycles. The Morgan fingerprint density at radius 3 is 2.50 bits per heavy atom. The van der Waals surface area contributed by atoms with Crippen LogP contribution in [0.1, 0.15) is 34.1 Å². The number of carbonyl (C=O) groups is 1. The molecule has 1 N–H and O–H groups in total. The van der Waals surface area contributed by atoms with Gasteiger partial charge in [-0.25, -0.2) is 0 Å². The van der Waals surface area contributed by atoms with E-state index in [9.17, 15) is 4.79 Å². The Hall–Kier alpha value is -1.22. The van der Waals surface area contributed by atoms with E-state index in [2.05, 4.69) is 5.32 Å². The zero-order chi connectivity index (χ0) is 13.8. The Bertz CT molecular complexity index is 413. The summed E-state index contributed by atoms with van der Waals surface area (Å²) in [6.45, 7) is 7.72. The number of benzene rings is 1. The Balaban J connectivity index is 2.74. The van der Waals surface area contributed by atoms with Crippen molar-refractivity contribution in [2.75, 3.05) is 0 Å². The maximum Gasteiger partial charge on any atom is 0.261 e. The summed E-state index contributed by atoms with van der Waals surface area (Å²) in [5, 5.41) is 3.42. The maximum absolute atomic E-state index is 12.0. The lowest BCUT2D eigenvalue weighted by molar-refractivity contribution is -0.129. The van der Waals surface area contributed by atoms with Crippen LogP contribution >= 0.6 is 11.6 Å². The van der Waals surface area contributed by atoms with Crippen molar-refractivity contribution in [1.29, 1.82) is 0 Å². The van der Waals surface area contributed by atoms with E-state index in [-0.39, 0.29) is 11.4 Å². The number of carbonyl (C=O) groups excluding carboxylic acids is 1. The summed E-state index contributed by atoms with van der Waals surface area (Å²) in [5.74, 6) is 0.417. The molecule has 1 aromatic rings. The van der Waals surface area contributed by atoms with Gasteiger partial charge in [-0.2, -0.15) is 0 Å². The summed E-state index contributed by atoms with van der Waals surface area (Å²) in [4.78, 5) is 12.0. The summed E-state index contributed by atoms with van der Waals surface area (Å²) in [6.07, 6.45) is 0.0665. The van der Waals surface area contributed by atoms with Gasteiger partial charge in [0.25, 0.3) is 5.91 Å². The molecule has 0 fully saturated rings. The fourth-order valence-corrected chi connectivity index (χ4v) is 1.65. The van der Waals surface area contributed by atoms with Crippen LogP contribution in [0, 0.1) is 0 Å². The Morgan fingerprint density at radius 1 is 1.39 bits per heavy atom. The van der Waals surface area contributed by atoms with Gasteiger partial charge in [-0.15, -0.1) is 0 Å². The highest BCUT2D eigenvalue weighted by molar-refractivity contribution is 6.32. The number of amides is 1. The van der Waals surface area contributed by atoms with Crippen molar-refractivity contribution in [2.45, 2.75) is 45.8 Å². The standard InChI is InChI=1S/C14H20ClNO2/c1-5-11(13(17)16-14(2,3)4)18-12-9-7-6-8-10(12)15/h6-9,11H,5H2,1-4H3,(H,16,17). The molecular formula is C14H20ClNO2. The first-order valence-corrected chi connectivity index (χ1v) is 6.44. The molecule has 0 heterocycles. The minimum Gasteiger partial charge on any atom is -0.479 e. The number of hydrogen-bond acceptors (Lipinski definition) is 2. The molecule has 0 radical (unpaired) electrons. The molecule has 0 aliphatic rings. The first-order chi connectivity index (χ1) is 8.33. The molecule has 1 rings (SSSR count). The van der Waals surface area contributed by atoms with Gasteiger partial charge in [0.05, 0.1) is 5.02 Å². The first kappa shape index (κ1) is 14.8. The summed E-state index contributed by atoms with van der Waals surface area (Å²) in [7, 11) is 0. The minimum absolute atomic E-state index is 0.120. The van der Waals surface area contributed by atoms with E-state index in [1.54, 1.807) is 12.1 Å². The van der Waals surface area contributed by atoms with Crippen molar-refractivity contribution >= 4 is 17.5 Å². The fourth-order valence-electron chi connectivity index (χ4n) is 1.47. The van der Waals surface area contributed by atoms with Crippen LogP contribution in [-0.4, -0.2) is 17.6 Å². The van der Waals surface area contributed by atoms with Gasteiger partial charge >= 0.3 is 0 Å². The molecule has 0 spiro atoms. The van der Waals surface area contributed by atoms with Gasteiger partial charge in [0.1, 0.15) is 5.75 Å². The van der Waals surface area contributed by atoms with Crippen LogP contribution in [-0.2, 0) is 4.79 Å². The van der Waals surface area contributed by atoms with Crippen molar-refractivity contribution in [2.24, 2.45) is 0 Å². The molecule has 18 heavy (non-hydrogen) atoms. The van der Waals surface area contributed by atoms with Gasteiger partial charge in [-0.1, -0.05) is 30.7 Å². The molecule has 0 aliphatic carbocycles. The summed E-state index contributed by atoms with van der Waals surface area (Å²) >= 11 is 6.01. The van der Waals surface area contributed by atoms with Crippen LogP contribution in [0.4, 0.5) is 0 Å². The van der Waals surface area contributed by atoms with Crippen LogP contribution in [0.2, 0.25) is 5.02 Å². The third-order valence-electron chi connectivity index (χ3n) is 2.27. The van der Waals surface area contributed by atoms with E-state index in [4.69, 9.17) is 16.3 Å². The summed E-state index contributed by atoms with van der Waals surface area (Å²) < 4.78 is 5.66.